The second-order valence-corrected chi connectivity index (χ2v) is 8.98. The van der Waals surface area contributed by atoms with Crippen LogP contribution in [-0.2, 0) is 0 Å². The topological polar surface area (TPSA) is 82.7 Å². The van der Waals surface area contributed by atoms with E-state index in [0.29, 0.717) is 17.9 Å². The molecule has 1 aliphatic heterocycles. The quantitative estimate of drug-likeness (QED) is 0.504. The third-order valence-electron chi connectivity index (χ3n) is 5.75. The molecule has 4 heterocycles. The van der Waals surface area contributed by atoms with Crippen molar-refractivity contribution < 1.29 is 9.50 Å². The predicted molar refractivity (Wildman–Crippen MR) is 124 cm³/mol. The van der Waals surface area contributed by atoms with Gasteiger partial charge in [-0.3, -0.25) is 4.90 Å². The van der Waals surface area contributed by atoms with Gasteiger partial charge in [-0.15, -0.1) is 5.10 Å². The van der Waals surface area contributed by atoms with Crippen molar-refractivity contribution in [1.29, 1.82) is 0 Å². The minimum absolute atomic E-state index is 0.293. The molecule has 1 fully saturated rings. The highest BCUT2D eigenvalue weighted by atomic mass is 19.1. The molecule has 0 radical (unpaired) electrons. The Balaban J connectivity index is 1.52. The molecule has 0 amide bonds. The molecule has 0 bridgehead atoms. The largest absolute Gasteiger partial charge is 0.389 e. The number of piperazine rings is 1. The number of aromatic nitrogens is 5. The summed E-state index contributed by atoms with van der Waals surface area (Å²) in [5.74, 6) is 0.565. The Hall–Kier alpha value is -3.43. The third-order valence-corrected chi connectivity index (χ3v) is 5.75. The molecular weight excluding hydrogens is 421 g/mol. The zero-order valence-corrected chi connectivity index (χ0v) is 18.7. The number of imidazole rings is 1. The minimum atomic E-state index is -0.708. The molecule has 1 saturated heterocycles. The molecule has 0 aliphatic carbocycles. The molecule has 4 aromatic rings. The Kier molecular flexibility index (Phi) is 5.51. The minimum Gasteiger partial charge on any atom is -0.389 e. The van der Waals surface area contributed by atoms with Crippen LogP contribution in [0.4, 0.5) is 10.2 Å². The number of halogens is 1. The van der Waals surface area contributed by atoms with E-state index < -0.39 is 5.60 Å². The van der Waals surface area contributed by atoms with Crippen molar-refractivity contribution in [3.05, 3.63) is 60.7 Å². The number of aliphatic hydroxyl groups is 1. The summed E-state index contributed by atoms with van der Waals surface area (Å²) < 4.78 is 15.4. The average molecular weight is 448 g/mol. The first-order chi connectivity index (χ1) is 15.9. The van der Waals surface area contributed by atoms with Crippen LogP contribution >= 0.6 is 0 Å². The van der Waals surface area contributed by atoms with Gasteiger partial charge in [0.15, 0.2) is 5.65 Å². The zero-order valence-electron chi connectivity index (χ0n) is 18.7. The van der Waals surface area contributed by atoms with Crippen LogP contribution in [0.5, 0.6) is 0 Å². The van der Waals surface area contributed by atoms with Gasteiger partial charge in [0.2, 0.25) is 0 Å². The molecule has 1 aliphatic rings. The van der Waals surface area contributed by atoms with Gasteiger partial charge in [-0.25, -0.2) is 13.9 Å². The Morgan fingerprint density at radius 1 is 0.939 bits per heavy atom. The number of nitrogens with zero attached hydrogens (tertiary/aromatic N) is 7. The summed E-state index contributed by atoms with van der Waals surface area (Å²) in [6.07, 6.45) is 3.31. The number of β-amino-alcohol motifs (C(OH)–C–C–N with tert-alkyl or cyclic N) is 1. The van der Waals surface area contributed by atoms with Gasteiger partial charge in [-0.05, 0) is 56.3 Å². The van der Waals surface area contributed by atoms with Crippen LogP contribution in [0.3, 0.4) is 0 Å². The molecule has 3 aromatic heterocycles. The first-order valence-corrected chi connectivity index (χ1v) is 11.0. The summed E-state index contributed by atoms with van der Waals surface area (Å²) in [6.45, 7) is 7.67. The van der Waals surface area contributed by atoms with Crippen LogP contribution < -0.4 is 4.90 Å². The first-order valence-electron chi connectivity index (χ1n) is 11.0. The molecule has 5 rings (SSSR count). The van der Waals surface area contributed by atoms with E-state index in [4.69, 9.17) is 10.1 Å². The van der Waals surface area contributed by atoms with Crippen molar-refractivity contribution in [3.63, 3.8) is 0 Å². The summed E-state index contributed by atoms with van der Waals surface area (Å²) in [5, 5.41) is 23.0. The molecule has 1 aromatic carbocycles. The summed E-state index contributed by atoms with van der Waals surface area (Å²) in [5.41, 5.74) is 3.12. The van der Waals surface area contributed by atoms with E-state index in [1.807, 2.05) is 36.6 Å². The van der Waals surface area contributed by atoms with Gasteiger partial charge in [0.25, 0.3) is 0 Å². The Labute approximate surface area is 191 Å². The molecular formula is C24H26FN7O. The van der Waals surface area contributed by atoms with Crippen LogP contribution in [-0.4, -0.2) is 73.1 Å². The zero-order chi connectivity index (χ0) is 23.0. The summed E-state index contributed by atoms with van der Waals surface area (Å²) in [6, 6.07) is 12.1. The van der Waals surface area contributed by atoms with Crippen LogP contribution in [0.2, 0.25) is 0 Å². The van der Waals surface area contributed by atoms with Crippen LogP contribution in [0.1, 0.15) is 13.8 Å². The molecule has 1 N–H and O–H groups in total. The van der Waals surface area contributed by atoms with E-state index in [2.05, 4.69) is 20.0 Å². The first kappa shape index (κ1) is 21.4. The highest BCUT2D eigenvalue weighted by Crippen LogP contribution is 2.32. The van der Waals surface area contributed by atoms with E-state index in [-0.39, 0.29) is 5.82 Å². The highest BCUT2D eigenvalue weighted by molar-refractivity contribution is 5.81. The molecule has 170 valence electrons. The van der Waals surface area contributed by atoms with Gasteiger partial charge in [0, 0.05) is 43.9 Å². The van der Waals surface area contributed by atoms with Crippen LogP contribution in [0, 0.1) is 5.82 Å². The number of hydrogen-bond donors (Lipinski definition) is 1. The van der Waals surface area contributed by atoms with Crippen molar-refractivity contribution in [1.82, 2.24) is 29.7 Å². The van der Waals surface area contributed by atoms with E-state index >= 15 is 0 Å². The molecule has 0 unspecified atom stereocenters. The van der Waals surface area contributed by atoms with Crippen molar-refractivity contribution in [3.8, 4) is 22.5 Å². The number of benzene rings is 1. The molecule has 0 spiro atoms. The molecule has 0 saturated carbocycles. The second-order valence-electron chi connectivity index (χ2n) is 8.98. The highest BCUT2D eigenvalue weighted by Gasteiger charge is 2.24. The maximum atomic E-state index is 13.5. The van der Waals surface area contributed by atoms with Crippen molar-refractivity contribution >= 4 is 11.5 Å². The monoisotopic (exact) mass is 447 g/mol. The predicted octanol–water partition coefficient (Wildman–Crippen LogP) is 2.89. The Morgan fingerprint density at radius 2 is 1.70 bits per heavy atom. The van der Waals surface area contributed by atoms with E-state index in [9.17, 15) is 9.50 Å². The van der Waals surface area contributed by atoms with Crippen LogP contribution in [0.25, 0.3) is 28.2 Å². The standard InChI is InChI=1S/C24H26FN7O/c1-24(2,33)16-30-11-13-31(14-12-30)21-8-7-20-28-22(17-3-5-19(25)6-4-17)23(32(20)29-21)18-9-10-26-27-15-18/h3-10,15,33H,11-14,16H2,1-2H3. The molecule has 33 heavy (non-hydrogen) atoms. The number of fused-ring (bicyclic) bond motifs is 1. The van der Waals surface area contributed by atoms with Gasteiger partial charge in [0.1, 0.15) is 17.3 Å². The lowest BCUT2D eigenvalue weighted by Crippen LogP contribution is -2.50. The van der Waals surface area contributed by atoms with E-state index in [1.165, 1.54) is 12.1 Å². The van der Waals surface area contributed by atoms with Crippen molar-refractivity contribution in [2.75, 3.05) is 37.6 Å². The summed E-state index contributed by atoms with van der Waals surface area (Å²) >= 11 is 0. The SMILES string of the molecule is CC(C)(O)CN1CCN(c2ccc3nc(-c4ccc(F)cc4)c(-c4ccnnc4)n3n2)CC1. The molecule has 0 atom stereocenters. The third kappa shape index (κ3) is 4.55. The fourth-order valence-electron chi connectivity index (χ4n) is 4.27. The fraction of sp³-hybridized carbons (Fsp3) is 0.333. The van der Waals surface area contributed by atoms with Gasteiger partial charge in [-0.1, -0.05) is 0 Å². The van der Waals surface area contributed by atoms with Crippen molar-refractivity contribution in [2.24, 2.45) is 0 Å². The lowest BCUT2D eigenvalue weighted by molar-refractivity contribution is 0.0344. The van der Waals surface area contributed by atoms with Crippen LogP contribution in [0.15, 0.2) is 54.9 Å². The maximum Gasteiger partial charge on any atom is 0.155 e. The Morgan fingerprint density at radius 3 is 2.36 bits per heavy atom. The van der Waals surface area contributed by atoms with E-state index in [1.54, 1.807) is 24.5 Å². The van der Waals surface area contributed by atoms with Gasteiger partial charge in [0.05, 0.1) is 23.7 Å². The number of rotatable bonds is 5. The van der Waals surface area contributed by atoms with Crippen molar-refractivity contribution in [2.45, 2.75) is 19.4 Å². The normalized spacial score (nSPS) is 15.3. The lowest BCUT2D eigenvalue weighted by atomic mass is 10.1. The molecule has 8 nitrogen and oxygen atoms in total. The van der Waals surface area contributed by atoms with E-state index in [0.717, 1.165) is 48.8 Å². The fourth-order valence-corrected chi connectivity index (χ4v) is 4.27. The number of hydrogen-bond acceptors (Lipinski definition) is 7. The smallest absolute Gasteiger partial charge is 0.155 e. The number of anilines is 1. The maximum absolute atomic E-state index is 13.5. The van der Waals surface area contributed by atoms with Gasteiger partial charge < -0.3 is 10.0 Å². The average Bonchev–Trinajstić information content (AvgIpc) is 3.18. The van der Waals surface area contributed by atoms with Gasteiger partial charge in [-0.2, -0.15) is 10.2 Å². The van der Waals surface area contributed by atoms with Gasteiger partial charge >= 0.3 is 0 Å². The lowest BCUT2D eigenvalue weighted by Gasteiger charge is -2.37. The summed E-state index contributed by atoms with van der Waals surface area (Å²) in [4.78, 5) is 9.32. The molecule has 9 heteroatoms. The Bertz CT molecular complexity index is 1240. The second kappa shape index (κ2) is 8.49. The summed E-state index contributed by atoms with van der Waals surface area (Å²) in [7, 11) is 0.